The molecule has 1 saturated heterocycles. The summed E-state index contributed by atoms with van der Waals surface area (Å²) in [4.78, 5) is 15.8. The van der Waals surface area contributed by atoms with Gasteiger partial charge in [0.05, 0.1) is 5.41 Å². The number of carbonyl (C=O) groups is 1. The fraction of sp³-hybridized carbons (Fsp3) is 0.923. The van der Waals surface area contributed by atoms with Crippen molar-refractivity contribution in [2.45, 2.75) is 32.7 Å². The minimum atomic E-state index is -0.699. The molecule has 17 heavy (non-hydrogen) atoms. The molecule has 0 aromatic carbocycles. The summed E-state index contributed by atoms with van der Waals surface area (Å²) >= 11 is 0. The standard InChI is InChI=1S/C13H26N2O2/c1-13(2,12(16)17)11(14(3)4)10-6-8-15(5)9-7-10/h10-11H,6-9H2,1-5H3,(H,16,17). The van der Waals surface area contributed by atoms with E-state index in [0.29, 0.717) is 5.92 Å². The molecule has 1 fully saturated rings. The maximum absolute atomic E-state index is 11.4. The van der Waals surface area contributed by atoms with Gasteiger partial charge in [-0.15, -0.1) is 0 Å². The van der Waals surface area contributed by atoms with Crippen LogP contribution in [-0.4, -0.2) is 61.2 Å². The lowest BCUT2D eigenvalue weighted by molar-refractivity contribution is -0.152. The van der Waals surface area contributed by atoms with E-state index in [2.05, 4.69) is 16.8 Å². The molecule has 0 amide bonds. The van der Waals surface area contributed by atoms with Crippen LogP contribution in [0.4, 0.5) is 0 Å². The predicted molar refractivity (Wildman–Crippen MR) is 69.1 cm³/mol. The van der Waals surface area contributed by atoms with Crippen LogP contribution in [0.5, 0.6) is 0 Å². The van der Waals surface area contributed by atoms with Crippen molar-refractivity contribution in [3.8, 4) is 0 Å². The Bertz CT molecular complexity index is 269. The Balaban J connectivity index is 2.83. The van der Waals surface area contributed by atoms with Gasteiger partial charge in [0.2, 0.25) is 0 Å². The molecule has 0 bridgehead atoms. The summed E-state index contributed by atoms with van der Waals surface area (Å²) in [6, 6.07) is 0.105. The van der Waals surface area contributed by atoms with Crippen LogP contribution in [-0.2, 0) is 4.79 Å². The number of likely N-dealkylation sites (tertiary alicyclic amines) is 1. The predicted octanol–water partition coefficient (Wildman–Crippen LogP) is 1.37. The maximum atomic E-state index is 11.4. The second kappa shape index (κ2) is 5.36. The lowest BCUT2D eigenvalue weighted by Crippen LogP contribution is -2.52. The minimum Gasteiger partial charge on any atom is -0.481 e. The Morgan fingerprint density at radius 2 is 1.82 bits per heavy atom. The zero-order valence-electron chi connectivity index (χ0n) is 11.7. The second-order valence-electron chi connectivity index (χ2n) is 6.08. The Kier molecular flexibility index (Phi) is 4.55. The molecule has 0 aromatic rings. The monoisotopic (exact) mass is 242 g/mol. The summed E-state index contributed by atoms with van der Waals surface area (Å²) in [7, 11) is 6.12. The van der Waals surface area contributed by atoms with Gasteiger partial charge in [0, 0.05) is 6.04 Å². The van der Waals surface area contributed by atoms with Gasteiger partial charge in [0.1, 0.15) is 0 Å². The van der Waals surface area contributed by atoms with Crippen LogP contribution in [0, 0.1) is 11.3 Å². The van der Waals surface area contributed by atoms with Crippen LogP contribution in [0.15, 0.2) is 0 Å². The molecular weight excluding hydrogens is 216 g/mol. The lowest BCUT2D eigenvalue weighted by Gasteiger charge is -2.44. The van der Waals surface area contributed by atoms with Crippen molar-refractivity contribution < 1.29 is 9.90 Å². The molecule has 0 radical (unpaired) electrons. The van der Waals surface area contributed by atoms with E-state index in [1.807, 2.05) is 27.9 Å². The summed E-state index contributed by atoms with van der Waals surface area (Å²) in [5.41, 5.74) is -0.690. The van der Waals surface area contributed by atoms with Crippen LogP contribution in [0.1, 0.15) is 26.7 Å². The van der Waals surface area contributed by atoms with E-state index in [4.69, 9.17) is 0 Å². The molecular formula is C13H26N2O2. The van der Waals surface area contributed by atoms with Gasteiger partial charge in [0.25, 0.3) is 0 Å². The summed E-state index contributed by atoms with van der Waals surface area (Å²) in [6.45, 7) is 5.84. The molecule has 1 rings (SSSR count). The van der Waals surface area contributed by atoms with Crippen molar-refractivity contribution in [1.82, 2.24) is 9.80 Å². The first kappa shape index (κ1) is 14.5. The van der Waals surface area contributed by atoms with Crippen molar-refractivity contribution in [2.24, 2.45) is 11.3 Å². The van der Waals surface area contributed by atoms with Crippen molar-refractivity contribution in [3.63, 3.8) is 0 Å². The normalized spacial score (nSPS) is 21.8. The average Bonchev–Trinajstić information content (AvgIpc) is 2.20. The molecule has 1 aliphatic rings. The largest absolute Gasteiger partial charge is 0.481 e. The van der Waals surface area contributed by atoms with E-state index in [9.17, 15) is 9.90 Å². The van der Waals surface area contributed by atoms with Crippen molar-refractivity contribution >= 4 is 5.97 Å². The van der Waals surface area contributed by atoms with E-state index >= 15 is 0 Å². The van der Waals surface area contributed by atoms with Gasteiger partial charge in [-0.25, -0.2) is 0 Å². The van der Waals surface area contributed by atoms with Gasteiger partial charge in [0.15, 0.2) is 0 Å². The molecule has 0 aliphatic carbocycles. The number of hydrogen-bond donors (Lipinski definition) is 1. The third-order valence-electron chi connectivity index (χ3n) is 4.06. The molecule has 1 atom stereocenters. The molecule has 4 nitrogen and oxygen atoms in total. The third-order valence-corrected chi connectivity index (χ3v) is 4.06. The summed E-state index contributed by atoms with van der Waals surface area (Å²) in [5, 5.41) is 9.41. The van der Waals surface area contributed by atoms with E-state index in [1.54, 1.807) is 0 Å². The molecule has 1 unspecified atom stereocenters. The molecule has 0 saturated carbocycles. The highest BCUT2D eigenvalue weighted by Gasteiger charge is 2.43. The molecule has 100 valence electrons. The van der Waals surface area contributed by atoms with Crippen molar-refractivity contribution in [1.29, 1.82) is 0 Å². The van der Waals surface area contributed by atoms with Crippen LogP contribution in [0.3, 0.4) is 0 Å². The summed E-state index contributed by atoms with van der Waals surface area (Å²) in [5.74, 6) is -0.220. The molecule has 1 heterocycles. The molecule has 4 heteroatoms. The zero-order chi connectivity index (χ0) is 13.2. The topological polar surface area (TPSA) is 43.8 Å². The van der Waals surface area contributed by atoms with Gasteiger partial charge >= 0.3 is 5.97 Å². The van der Waals surface area contributed by atoms with Crippen LogP contribution in [0.25, 0.3) is 0 Å². The SMILES string of the molecule is CN1CCC(C(N(C)C)C(C)(C)C(=O)O)CC1. The number of piperidine rings is 1. The highest BCUT2D eigenvalue weighted by Crippen LogP contribution is 2.34. The van der Waals surface area contributed by atoms with Crippen molar-refractivity contribution in [2.75, 3.05) is 34.2 Å². The summed E-state index contributed by atoms with van der Waals surface area (Å²) in [6.07, 6.45) is 2.19. The highest BCUT2D eigenvalue weighted by molar-refractivity contribution is 5.74. The fourth-order valence-corrected chi connectivity index (χ4v) is 3.13. The maximum Gasteiger partial charge on any atom is 0.310 e. The van der Waals surface area contributed by atoms with E-state index in [1.165, 1.54) is 0 Å². The first-order valence-electron chi connectivity index (χ1n) is 6.35. The number of aliphatic carboxylic acids is 1. The lowest BCUT2D eigenvalue weighted by atomic mass is 9.73. The molecule has 1 aliphatic heterocycles. The number of carboxylic acids is 1. The number of nitrogens with zero attached hydrogens (tertiary/aromatic N) is 2. The van der Waals surface area contributed by atoms with Gasteiger partial charge < -0.3 is 14.9 Å². The average molecular weight is 242 g/mol. The Hall–Kier alpha value is -0.610. The quantitative estimate of drug-likeness (QED) is 0.808. The van der Waals surface area contributed by atoms with E-state index in [-0.39, 0.29) is 6.04 Å². The van der Waals surface area contributed by atoms with E-state index in [0.717, 1.165) is 25.9 Å². The zero-order valence-corrected chi connectivity index (χ0v) is 11.7. The third kappa shape index (κ3) is 3.19. The van der Waals surface area contributed by atoms with Gasteiger partial charge in [-0.2, -0.15) is 0 Å². The Morgan fingerprint density at radius 1 is 1.35 bits per heavy atom. The second-order valence-corrected chi connectivity index (χ2v) is 6.08. The Labute approximate surface area is 105 Å². The minimum absolute atomic E-state index is 0.105. The number of hydrogen-bond acceptors (Lipinski definition) is 3. The first-order chi connectivity index (χ1) is 7.76. The Morgan fingerprint density at radius 3 is 2.18 bits per heavy atom. The van der Waals surface area contributed by atoms with Crippen LogP contribution in [0.2, 0.25) is 0 Å². The molecule has 1 N–H and O–H groups in total. The van der Waals surface area contributed by atoms with Crippen LogP contribution >= 0.6 is 0 Å². The van der Waals surface area contributed by atoms with Gasteiger partial charge in [-0.05, 0) is 66.8 Å². The van der Waals surface area contributed by atoms with Gasteiger partial charge in [-0.1, -0.05) is 0 Å². The number of rotatable bonds is 4. The number of carboxylic acid groups (broad SMARTS) is 1. The van der Waals surface area contributed by atoms with Gasteiger partial charge in [-0.3, -0.25) is 4.79 Å². The molecule has 0 spiro atoms. The van der Waals surface area contributed by atoms with Crippen molar-refractivity contribution in [3.05, 3.63) is 0 Å². The molecule has 0 aromatic heterocycles. The smallest absolute Gasteiger partial charge is 0.310 e. The first-order valence-corrected chi connectivity index (χ1v) is 6.35. The van der Waals surface area contributed by atoms with E-state index < -0.39 is 11.4 Å². The van der Waals surface area contributed by atoms with Crippen LogP contribution < -0.4 is 0 Å². The fourth-order valence-electron chi connectivity index (χ4n) is 3.13. The summed E-state index contributed by atoms with van der Waals surface area (Å²) < 4.78 is 0. The highest BCUT2D eigenvalue weighted by atomic mass is 16.4.